The first-order valence-electron chi connectivity index (χ1n) is 8.83. The number of likely N-dealkylation sites (tertiary alicyclic amines) is 1. The predicted octanol–water partition coefficient (Wildman–Crippen LogP) is 0.0792. The van der Waals surface area contributed by atoms with E-state index in [2.05, 4.69) is 20.4 Å². The maximum Gasteiger partial charge on any atom is 0.238 e. The molecular weight excluding hydrogens is 300 g/mol. The number of nitrogens with one attached hydrogen (secondary N) is 1. The van der Waals surface area contributed by atoms with Gasteiger partial charge in [-0.3, -0.25) is 5.32 Å². The second kappa shape index (κ2) is 7.07. The molecule has 4 rings (SSSR count). The third-order valence-corrected chi connectivity index (χ3v) is 4.79. The number of hydrogen-bond donors (Lipinski definition) is 2. The van der Waals surface area contributed by atoms with Crippen LogP contribution in [0.2, 0.25) is 0 Å². The predicted molar refractivity (Wildman–Crippen MR) is 92.5 cm³/mol. The maximum absolute atomic E-state index is 4.51. The summed E-state index contributed by atoms with van der Waals surface area (Å²) in [5, 5.41) is 7.77. The molecule has 3 aromatic rings. The van der Waals surface area contributed by atoms with Gasteiger partial charge in [-0.2, -0.15) is 10.1 Å². The van der Waals surface area contributed by atoms with E-state index in [9.17, 15) is 0 Å². The van der Waals surface area contributed by atoms with Gasteiger partial charge in [-0.1, -0.05) is 18.2 Å². The van der Waals surface area contributed by atoms with Crippen molar-refractivity contribution >= 4 is 16.9 Å². The molecule has 1 saturated heterocycles. The van der Waals surface area contributed by atoms with Crippen molar-refractivity contribution in [2.24, 2.45) is 0 Å². The van der Waals surface area contributed by atoms with Crippen LogP contribution in [0, 0.1) is 0 Å². The monoisotopic (exact) mass is 324 g/mol. The molecular formula is C18H24N6+2. The van der Waals surface area contributed by atoms with E-state index in [-0.39, 0.29) is 0 Å². The highest BCUT2D eigenvalue weighted by Crippen LogP contribution is 2.18. The Morgan fingerprint density at radius 3 is 2.71 bits per heavy atom. The Morgan fingerprint density at radius 2 is 1.88 bits per heavy atom. The summed E-state index contributed by atoms with van der Waals surface area (Å²) in [7, 11) is 0. The van der Waals surface area contributed by atoms with E-state index < -0.39 is 0 Å². The van der Waals surface area contributed by atoms with Gasteiger partial charge in [0.25, 0.3) is 0 Å². The van der Waals surface area contributed by atoms with Crippen LogP contribution in [0.5, 0.6) is 0 Å². The maximum atomic E-state index is 4.51. The summed E-state index contributed by atoms with van der Waals surface area (Å²) in [6.45, 7) is 4.88. The minimum absolute atomic E-state index is 0.868. The standard InChI is InChI=1S/C18H22N6/c1-3-7-15(8-4-1)24-18-16(13-22-24)17(20-14-21-18)19-9-12-23-10-5-2-6-11-23/h1,3-4,7-8,13-14H,2,5-6,9-12H2,(H,19,20,21)/p+2. The van der Waals surface area contributed by atoms with Gasteiger partial charge < -0.3 is 4.90 Å². The molecule has 0 aliphatic carbocycles. The van der Waals surface area contributed by atoms with Crippen LogP contribution in [0.15, 0.2) is 42.9 Å². The second-order valence-corrected chi connectivity index (χ2v) is 6.44. The average molecular weight is 324 g/mol. The summed E-state index contributed by atoms with van der Waals surface area (Å²) in [6, 6.07) is 10.1. The van der Waals surface area contributed by atoms with Gasteiger partial charge in [0.15, 0.2) is 5.65 Å². The first-order valence-corrected chi connectivity index (χ1v) is 8.83. The van der Waals surface area contributed by atoms with Crippen molar-refractivity contribution < 1.29 is 10.2 Å². The van der Waals surface area contributed by atoms with E-state index in [1.807, 2.05) is 41.2 Å². The van der Waals surface area contributed by atoms with Crippen LogP contribution in [-0.4, -0.2) is 45.9 Å². The van der Waals surface area contributed by atoms with Crippen LogP contribution >= 0.6 is 0 Å². The molecule has 0 atom stereocenters. The third kappa shape index (κ3) is 3.16. The number of hydrogen-bond acceptors (Lipinski definition) is 3. The zero-order valence-corrected chi connectivity index (χ0v) is 13.9. The zero-order chi connectivity index (χ0) is 16.2. The second-order valence-electron chi connectivity index (χ2n) is 6.44. The summed E-state index contributed by atoms with van der Waals surface area (Å²) in [5.74, 6) is 0.999. The van der Waals surface area contributed by atoms with E-state index in [0.717, 1.165) is 29.1 Å². The fraction of sp³-hybridized carbons (Fsp3) is 0.389. The number of piperidine rings is 1. The smallest absolute Gasteiger partial charge is 0.238 e. The molecule has 2 aromatic heterocycles. The van der Waals surface area contributed by atoms with Crippen molar-refractivity contribution in [2.45, 2.75) is 19.3 Å². The minimum atomic E-state index is 0.868. The molecule has 0 radical (unpaired) electrons. The lowest BCUT2D eigenvalue weighted by Gasteiger charge is -2.22. The Hall–Kier alpha value is -2.31. The quantitative estimate of drug-likeness (QED) is 0.699. The summed E-state index contributed by atoms with van der Waals surface area (Å²) < 4.78 is 1.88. The molecule has 0 unspecified atom stereocenters. The molecule has 24 heavy (non-hydrogen) atoms. The Labute approximate surface area is 141 Å². The largest absolute Gasteiger partial charge is 0.330 e. The van der Waals surface area contributed by atoms with Crippen LogP contribution in [0.4, 0.5) is 5.82 Å². The highest BCUT2D eigenvalue weighted by Gasteiger charge is 2.16. The molecule has 0 amide bonds. The SMILES string of the molecule is c1ccc(-n2ncc3c([NH2+]CC[NH+]4CCCCC4)ncnc32)cc1. The Balaban J connectivity index is 1.51. The normalized spacial score (nSPS) is 15.8. The molecule has 0 bridgehead atoms. The molecule has 3 N–H and O–H groups in total. The van der Waals surface area contributed by atoms with Crippen LogP contribution in [-0.2, 0) is 0 Å². The molecule has 3 heterocycles. The van der Waals surface area contributed by atoms with Crippen molar-refractivity contribution in [2.75, 3.05) is 26.2 Å². The van der Waals surface area contributed by atoms with Crippen LogP contribution in [0.25, 0.3) is 16.7 Å². The van der Waals surface area contributed by atoms with Gasteiger partial charge in [0.1, 0.15) is 24.8 Å². The third-order valence-electron chi connectivity index (χ3n) is 4.79. The first-order chi connectivity index (χ1) is 11.9. The number of nitrogens with two attached hydrogens (primary N) is 1. The molecule has 6 nitrogen and oxygen atoms in total. The molecule has 0 saturated carbocycles. The summed E-state index contributed by atoms with van der Waals surface area (Å²) >= 11 is 0. The highest BCUT2D eigenvalue weighted by molar-refractivity contribution is 5.83. The molecule has 0 spiro atoms. The van der Waals surface area contributed by atoms with Gasteiger partial charge in [0, 0.05) is 0 Å². The van der Waals surface area contributed by atoms with Gasteiger partial charge >= 0.3 is 0 Å². The van der Waals surface area contributed by atoms with Gasteiger partial charge in [0.2, 0.25) is 5.82 Å². The minimum Gasteiger partial charge on any atom is -0.330 e. The molecule has 124 valence electrons. The number of rotatable bonds is 5. The van der Waals surface area contributed by atoms with Crippen molar-refractivity contribution in [3.05, 3.63) is 42.9 Å². The van der Waals surface area contributed by atoms with Crippen LogP contribution in [0.3, 0.4) is 0 Å². The van der Waals surface area contributed by atoms with Crippen molar-refractivity contribution in [3.63, 3.8) is 0 Å². The van der Waals surface area contributed by atoms with E-state index in [1.165, 1.54) is 38.9 Å². The Bertz CT molecular complexity index is 792. The molecule has 6 heteroatoms. The van der Waals surface area contributed by atoms with E-state index in [0.29, 0.717) is 0 Å². The van der Waals surface area contributed by atoms with Crippen molar-refractivity contribution in [3.8, 4) is 5.69 Å². The summed E-state index contributed by atoms with van der Waals surface area (Å²) in [5.41, 5.74) is 1.89. The number of aromatic nitrogens is 4. The molecule has 1 fully saturated rings. The van der Waals surface area contributed by atoms with Crippen LogP contribution in [0.1, 0.15) is 19.3 Å². The molecule has 1 aliphatic heterocycles. The molecule has 1 aromatic carbocycles. The zero-order valence-electron chi connectivity index (χ0n) is 13.9. The van der Waals surface area contributed by atoms with Gasteiger partial charge in [-0.15, -0.1) is 0 Å². The first kappa shape index (κ1) is 15.2. The Morgan fingerprint density at radius 1 is 1.04 bits per heavy atom. The summed E-state index contributed by atoms with van der Waals surface area (Å²) in [6.07, 6.45) is 7.66. The van der Waals surface area contributed by atoms with Gasteiger partial charge in [-0.25, -0.2) is 9.67 Å². The van der Waals surface area contributed by atoms with Gasteiger partial charge in [-0.05, 0) is 31.4 Å². The lowest BCUT2D eigenvalue weighted by Crippen LogP contribution is -3.15. The summed E-state index contributed by atoms with van der Waals surface area (Å²) in [4.78, 5) is 10.6. The van der Waals surface area contributed by atoms with Crippen LogP contribution < -0.4 is 10.2 Å². The topological polar surface area (TPSA) is 64.7 Å². The van der Waals surface area contributed by atoms with E-state index in [4.69, 9.17) is 0 Å². The fourth-order valence-electron chi connectivity index (χ4n) is 3.50. The van der Waals surface area contributed by atoms with E-state index >= 15 is 0 Å². The molecule has 1 aliphatic rings. The lowest BCUT2D eigenvalue weighted by atomic mass is 10.1. The van der Waals surface area contributed by atoms with Crippen molar-refractivity contribution in [1.82, 2.24) is 19.7 Å². The fourth-order valence-corrected chi connectivity index (χ4v) is 3.50. The van der Waals surface area contributed by atoms with Crippen molar-refractivity contribution in [1.29, 1.82) is 0 Å². The lowest BCUT2D eigenvalue weighted by molar-refractivity contribution is -0.914. The average Bonchev–Trinajstić information content (AvgIpc) is 3.08. The number of fused-ring (bicyclic) bond motifs is 1. The number of quaternary nitrogens is 2. The number of para-hydroxylation sites is 1. The number of benzene rings is 1. The Kier molecular flexibility index (Phi) is 4.49. The van der Waals surface area contributed by atoms with Gasteiger partial charge in [0.05, 0.1) is 25.0 Å². The van der Waals surface area contributed by atoms with E-state index in [1.54, 1.807) is 11.2 Å². The number of nitrogens with zero attached hydrogens (tertiary/aromatic N) is 4. The highest BCUT2D eigenvalue weighted by atomic mass is 15.3.